The van der Waals surface area contributed by atoms with E-state index in [1.807, 2.05) is 43.3 Å². The van der Waals surface area contributed by atoms with Crippen LogP contribution in [0.3, 0.4) is 0 Å². The van der Waals surface area contributed by atoms with Gasteiger partial charge in [0.05, 0.1) is 12.3 Å². The summed E-state index contributed by atoms with van der Waals surface area (Å²) in [6.07, 6.45) is 3.90. The van der Waals surface area contributed by atoms with Crippen LogP contribution >= 0.6 is 12.2 Å². The van der Waals surface area contributed by atoms with Crippen molar-refractivity contribution in [3.63, 3.8) is 0 Å². The van der Waals surface area contributed by atoms with E-state index in [9.17, 15) is 0 Å². The number of para-hydroxylation sites is 2. The van der Waals surface area contributed by atoms with E-state index >= 15 is 0 Å². The van der Waals surface area contributed by atoms with Crippen LogP contribution in [0.15, 0.2) is 49.6 Å². The van der Waals surface area contributed by atoms with E-state index in [1.54, 1.807) is 0 Å². The maximum Gasteiger partial charge on any atom is 0.173 e. The summed E-state index contributed by atoms with van der Waals surface area (Å²) in [5.41, 5.74) is 0.927. The Morgan fingerprint density at radius 2 is 1.85 bits per heavy atom. The first-order valence-corrected chi connectivity index (χ1v) is 10.0. The lowest BCUT2D eigenvalue weighted by Crippen LogP contribution is -2.51. The van der Waals surface area contributed by atoms with Gasteiger partial charge in [-0.3, -0.25) is 9.80 Å². The smallest absolute Gasteiger partial charge is 0.173 e. The minimum Gasteiger partial charge on any atom is -0.492 e. The zero-order chi connectivity index (χ0) is 19.5. The van der Waals surface area contributed by atoms with Gasteiger partial charge in [0.2, 0.25) is 0 Å². The maximum atomic E-state index is 5.67. The lowest BCUT2D eigenvalue weighted by molar-refractivity contribution is 0.164. The second-order valence-electron chi connectivity index (χ2n) is 6.52. The van der Waals surface area contributed by atoms with E-state index in [0.717, 1.165) is 68.9 Å². The highest BCUT2D eigenvalue weighted by atomic mass is 32.1. The van der Waals surface area contributed by atoms with Gasteiger partial charge in [-0.15, -0.1) is 13.2 Å². The number of anilines is 1. The van der Waals surface area contributed by atoms with Crippen molar-refractivity contribution in [2.24, 2.45) is 0 Å². The summed E-state index contributed by atoms with van der Waals surface area (Å²) >= 11 is 5.62. The molecule has 1 saturated heterocycles. The molecule has 0 bridgehead atoms. The first-order valence-electron chi connectivity index (χ1n) is 9.62. The van der Waals surface area contributed by atoms with Crippen LogP contribution in [0.2, 0.25) is 0 Å². The number of hydrogen-bond donors (Lipinski definition) is 1. The molecular formula is C21H32N4OS. The van der Waals surface area contributed by atoms with Gasteiger partial charge >= 0.3 is 0 Å². The molecule has 0 unspecified atom stereocenters. The van der Waals surface area contributed by atoms with Crippen LogP contribution in [0.5, 0.6) is 5.75 Å². The summed E-state index contributed by atoms with van der Waals surface area (Å²) in [7, 11) is 0. The molecule has 0 aromatic heterocycles. The van der Waals surface area contributed by atoms with Crippen LogP contribution in [-0.2, 0) is 0 Å². The summed E-state index contributed by atoms with van der Waals surface area (Å²) in [5.74, 6) is 0.838. The van der Waals surface area contributed by atoms with Gasteiger partial charge in [0, 0.05) is 52.4 Å². The average Bonchev–Trinajstić information content (AvgIpc) is 2.68. The molecule has 0 atom stereocenters. The molecule has 0 aliphatic carbocycles. The highest BCUT2D eigenvalue weighted by Gasteiger charge is 2.19. The van der Waals surface area contributed by atoms with Crippen molar-refractivity contribution < 1.29 is 4.74 Å². The fourth-order valence-electron chi connectivity index (χ4n) is 3.13. The van der Waals surface area contributed by atoms with Crippen molar-refractivity contribution in [3.05, 3.63) is 49.6 Å². The topological polar surface area (TPSA) is 31.0 Å². The summed E-state index contributed by atoms with van der Waals surface area (Å²) in [4.78, 5) is 7.08. The number of piperazine rings is 1. The Morgan fingerprint density at radius 1 is 1.19 bits per heavy atom. The van der Waals surface area contributed by atoms with Crippen molar-refractivity contribution in [2.75, 3.05) is 64.3 Å². The second kappa shape index (κ2) is 11.7. The molecule has 0 radical (unpaired) electrons. The summed E-state index contributed by atoms with van der Waals surface area (Å²) in [5, 5.41) is 4.11. The van der Waals surface area contributed by atoms with Crippen molar-refractivity contribution in [3.8, 4) is 5.75 Å². The molecule has 6 heteroatoms. The van der Waals surface area contributed by atoms with Crippen molar-refractivity contribution in [1.82, 2.24) is 14.7 Å². The highest BCUT2D eigenvalue weighted by molar-refractivity contribution is 7.80. The van der Waals surface area contributed by atoms with Gasteiger partial charge in [0.15, 0.2) is 5.11 Å². The Kier molecular flexibility index (Phi) is 9.31. The van der Waals surface area contributed by atoms with Gasteiger partial charge in [0.1, 0.15) is 5.75 Å². The Labute approximate surface area is 169 Å². The Hall–Kier alpha value is -1.89. The minimum atomic E-state index is 0.638. The number of rotatable bonds is 10. The number of nitrogens with one attached hydrogen (secondary N) is 1. The first-order chi connectivity index (χ1) is 13.2. The molecule has 27 heavy (non-hydrogen) atoms. The lowest BCUT2D eigenvalue weighted by atomic mass is 10.3. The van der Waals surface area contributed by atoms with Gasteiger partial charge in [-0.25, -0.2) is 0 Å². The molecule has 1 aliphatic heterocycles. The molecule has 1 aliphatic rings. The van der Waals surface area contributed by atoms with E-state index in [2.05, 4.69) is 33.2 Å². The Balaban J connectivity index is 1.79. The third-order valence-corrected chi connectivity index (χ3v) is 4.96. The monoisotopic (exact) mass is 388 g/mol. The van der Waals surface area contributed by atoms with Crippen molar-refractivity contribution in [1.29, 1.82) is 0 Å². The highest BCUT2D eigenvalue weighted by Crippen LogP contribution is 2.24. The minimum absolute atomic E-state index is 0.638. The maximum absolute atomic E-state index is 5.67. The molecule has 2 rings (SSSR count). The summed E-state index contributed by atoms with van der Waals surface area (Å²) in [6, 6.07) is 7.93. The summed E-state index contributed by atoms with van der Waals surface area (Å²) < 4.78 is 5.67. The molecule has 1 heterocycles. The van der Waals surface area contributed by atoms with Gasteiger partial charge in [-0.05, 0) is 31.3 Å². The third-order valence-electron chi connectivity index (χ3n) is 4.60. The Bertz CT molecular complexity index is 604. The number of nitrogens with zero attached hydrogens (tertiary/aromatic N) is 3. The average molecular weight is 389 g/mol. The lowest BCUT2D eigenvalue weighted by Gasteiger charge is -2.37. The van der Waals surface area contributed by atoms with Crippen LogP contribution < -0.4 is 10.1 Å². The molecule has 148 valence electrons. The van der Waals surface area contributed by atoms with Gasteiger partial charge in [-0.2, -0.15) is 0 Å². The van der Waals surface area contributed by atoms with Gasteiger partial charge in [0.25, 0.3) is 0 Å². The van der Waals surface area contributed by atoms with Crippen LogP contribution in [0, 0.1) is 0 Å². The molecule has 0 amide bonds. The van der Waals surface area contributed by atoms with Crippen LogP contribution in [-0.4, -0.2) is 78.8 Å². The number of thiocarbonyl (C=S) groups is 1. The van der Waals surface area contributed by atoms with Crippen molar-refractivity contribution >= 4 is 23.0 Å². The molecule has 0 saturated carbocycles. The zero-order valence-electron chi connectivity index (χ0n) is 16.4. The molecule has 1 fully saturated rings. The molecular weight excluding hydrogens is 356 g/mol. The number of ether oxygens (including phenoxy) is 1. The molecule has 5 nitrogen and oxygen atoms in total. The molecule has 1 N–H and O–H groups in total. The molecule has 0 spiro atoms. The fraction of sp³-hybridized carbons (Fsp3) is 0.476. The van der Waals surface area contributed by atoms with E-state index in [0.29, 0.717) is 6.61 Å². The SMILES string of the molecule is C=CCN(CC=C)CCN1CCN(C(=S)Nc2ccccc2OCC)CC1. The zero-order valence-corrected chi connectivity index (χ0v) is 17.2. The van der Waals surface area contributed by atoms with Gasteiger partial charge in [-0.1, -0.05) is 24.3 Å². The van der Waals surface area contributed by atoms with Crippen LogP contribution in [0.1, 0.15) is 6.92 Å². The second-order valence-corrected chi connectivity index (χ2v) is 6.91. The van der Waals surface area contributed by atoms with Crippen molar-refractivity contribution in [2.45, 2.75) is 6.92 Å². The standard InChI is InChI=1S/C21H32N4OS/c1-4-11-23(12-5-2)13-14-24-15-17-25(18-16-24)21(27)22-19-9-7-8-10-20(19)26-6-3/h4-5,7-10H,1-2,6,11-18H2,3H3,(H,22,27). The van der Waals surface area contributed by atoms with Crippen LogP contribution in [0.25, 0.3) is 0 Å². The number of benzene rings is 1. The Morgan fingerprint density at radius 3 is 2.48 bits per heavy atom. The van der Waals surface area contributed by atoms with E-state index in [-0.39, 0.29) is 0 Å². The first kappa shape index (κ1) is 21.4. The molecule has 1 aromatic carbocycles. The quantitative estimate of drug-likeness (QED) is 0.490. The third kappa shape index (κ3) is 6.97. The fourth-order valence-corrected chi connectivity index (χ4v) is 3.42. The normalized spacial score (nSPS) is 14.8. The van der Waals surface area contributed by atoms with Gasteiger partial charge < -0.3 is 15.0 Å². The van der Waals surface area contributed by atoms with E-state index < -0.39 is 0 Å². The predicted molar refractivity (Wildman–Crippen MR) is 119 cm³/mol. The largest absolute Gasteiger partial charge is 0.492 e. The predicted octanol–water partition coefficient (Wildman–Crippen LogP) is 3.07. The number of hydrogen-bond acceptors (Lipinski definition) is 4. The molecule has 1 aromatic rings. The van der Waals surface area contributed by atoms with E-state index in [1.165, 1.54) is 0 Å². The van der Waals surface area contributed by atoms with Crippen LogP contribution in [0.4, 0.5) is 5.69 Å². The summed E-state index contributed by atoms with van der Waals surface area (Å²) in [6.45, 7) is 18.1. The van der Waals surface area contributed by atoms with E-state index in [4.69, 9.17) is 17.0 Å².